The van der Waals surface area contributed by atoms with Crippen LogP contribution in [0, 0.1) is 0 Å². The molecule has 0 bridgehead atoms. The molecule has 0 saturated heterocycles. The first-order valence-corrected chi connectivity index (χ1v) is 8.46. The van der Waals surface area contributed by atoms with Crippen LogP contribution >= 0.6 is 0 Å². The minimum atomic E-state index is -0.418. The van der Waals surface area contributed by atoms with Crippen molar-refractivity contribution >= 4 is 5.91 Å². The SMILES string of the molecule is COc1cc2c(cc1OC)CN(C(=O)[C@H]1Cc3ccccc3O1)CC2. The molecule has 5 nitrogen and oxygen atoms in total. The summed E-state index contributed by atoms with van der Waals surface area (Å²) in [4.78, 5) is 14.8. The smallest absolute Gasteiger partial charge is 0.264 e. The Morgan fingerprint density at radius 2 is 1.80 bits per heavy atom. The summed E-state index contributed by atoms with van der Waals surface area (Å²) in [6, 6.07) is 11.8. The highest BCUT2D eigenvalue weighted by molar-refractivity contribution is 5.83. The molecule has 0 radical (unpaired) electrons. The summed E-state index contributed by atoms with van der Waals surface area (Å²) in [6.07, 6.45) is 1.03. The fourth-order valence-electron chi connectivity index (χ4n) is 3.59. The Balaban J connectivity index is 1.52. The van der Waals surface area contributed by atoms with Crippen molar-refractivity contribution in [2.75, 3.05) is 20.8 Å². The van der Waals surface area contributed by atoms with Gasteiger partial charge in [0.2, 0.25) is 0 Å². The van der Waals surface area contributed by atoms with Crippen molar-refractivity contribution in [2.24, 2.45) is 0 Å². The van der Waals surface area contributed by atoms with E-state index < -0.39 is 6.10 Å². The number of methoxy groups -OCH3 is 2. The third-order valence-corrected chi connectivity index (χ3v) is 4.95. The van der Waals surface area contributed by atoms with Gasteiger partial charge >= 0.3 is 0 Å². The van der Waals surface area contributed by atoms with Crippen LogP contribution < -0.4 is 14.2 Å². The number of hydrogen-bond acceptors (Lipinski definition) is 4. The van der Waals surface area contributed by atoms with Gasteiger partial charge in [0.1, 0.15) is 5.75 Å². The van der Waals surface area contributed by atoms with E-state index in [4.69, 9.17) is 14.2 Å². The second kappa shape index (κ2) is 6.31. The number of carbonyl (C=O) groups is 1. The number of amides is 1. The van der Waals surface area contributed by atoms with Gasteiger partial charge < -0.3 is 19.1 Å². The Labute approximate surface area is 147 Å². The zero-order valence-corrected chi connectivity index (χ0v) is 14.5. The summed E-state index contributed by atoms with van der Waals surface area (Å²) in [5, 5.41) is 0. The molecule has 2 heterocycles. The lowest BCUT2D eigenvalue weighted by atomic mass is 9.98. The van der Waals surface area contributed by atoms with Crippen LogP contribution in [0.3, 0.4) is 0 Å². The van der Waals surface area contributed by atoms with E-state index in [9.17, 15) is 4.79 Å². The van der Waals surface area contributed by atoms with Crippen LogP contribution in [0.5, 0.6) is 17.2 Å². The van der Waals surface area contributed by atoms with Crippen molar-refractivity contribution in [3.05, 3.63) is 53.1 Å². The van der Waals surface area contributed by atoms with Gasteiger partial charge in [0.25, 0.3) is 5.91 Å². The van der Waals surface area contributed by atoms with Gasteiger partial charge in [-0.25, -0.2) is 0 Å². The monoisotopic (exact) mass is 339 g/mol. The number of nitrogens with zero attached hydrogens (tertiary/aromatic N) is 1. The van der Waals surface area contributed by atoms with E-state index in [1.165, 1.54) is 5.56 Å². The van der Waals surface area contributed by atoms with Gasteiger partial charge in [-0.3, -0.25) is 4.79 Å². The molecule has 2 aliphatic heterocycles. The lowest BCUT2D eigenvalue weighted by Gasteiger charge is -2.31. The second-order valence-electron chi connectivity index (χ2n) is 6.40. The molecular formula is C20H21NO4. The molecule has 5 heteroatoms. The maximum atomic E-state index is 12.9. The summed E-state index contributed by atoms with van der Waals surface area (Å²) in [7, 11) is 3.26. The molecule has 25 heavy (non-hydrogen) atoms. The normalized spacial score (nSPS) is 18.2. The van der Waals surface area contributed by atoms with Crippen molar-refractivity contribution < 1.29 is 19.0 Å². The first-order valence-electron chi connectivity index (χ1n) is 8.46. The van der Waals surface area contributed by atoms with E-state index in [0.717, 1.165) is 29.0 Å². The highest BCUT2D eigenvalue weighted by Gasteiger charge is 2.33. The number of fused-ring (bicyclic) bond motifs is 2. The topological polar surface area (TPSA) is 48.0 Å². The molecule has 2 aromatic rings. The minimum absolute atomic E-state index is 0.0524. The lowest BCUT2D eigenvalue weighted by molar-refractivity contribution is -0.138. The molecule has 0 saturated carbocycles. The van der Waals surface area contributed by atoms with Gasteiger partial charge in [-0.2, -0.15) is 0 Å². The molecule has 1 amide bonds. The number of carbonyl (C=O) groups excluding carboxylic acids is 1. The Hall–Kier alpha value is -2.69. The van der Waals surface area contributed by atoms with Crippen LogP contribution in [0.15, 0.2) is 36.4 Å². The largest absolute Gasteiger partial charge is 0.493 e. The molecule has 4 rings (SSSR count). The molecule has 2 aromatic carbocycles. The van der Waals surface area contributed by atoms with Gasteiger partial charge in [0.15, 0.2) is 17.6 Å². The van der Waals surface area contributed by atoms with Gasteiger partial charge in [0.05, 0.1) is 14.2 Å². The highest BCUT2D eigenvalue weighted by Crippen LogP contribution is 2.34. The molecule has 0 aliphatic carbocycles. The average Bonchev–Trinajstić information content (AvgIpc) is 3.10. The Bertz CT molecular complexity index is 792. The average molecular weight is 339 g/mol. The van der Waals surface area contributed by atoms with Crippen molar-refractivity contribution in [1.29, 1.82) is 0 Å². The molecule has 0 fully saturated rings. The van der Waals surface area contributed by atoms with Crippen molar-refractivity contribution in [1.82, 2.24) is 4.90 Å². The first-order chi connectivity index (χ1) is 12.2. The van der Waals surface area contributed by atoms with Gasteiger partial charge in [-0.05, 0) is 41.3 Å². The van der Waals surface area contributed by atoms with Crippen molar-refractivity contribution in [3.63, 3.8) is 0 Å². The Kier molecular flexibility index (Phi) is 3.99. The number of benzene rings is 2. The van der Waals surface area contributed by atoms with E-state index in [0.29, 0.717) is 25.3 Å². The maximum Gasteiger partial charge on any atom is 0.264 e. The highest BCUT2D eigenvalue weighted by atomic mass is 16.5. The summed E-state index contributed by atoms with van der Waals surface area (Å²) < 4.78 is 16.6. The van der Waals surface area contributed by atoms with Crippen LogP contribution in [0.4, 0.5) is 0 Å². The number of rotatable bonds is 3. The van der Waals surface area contributed by atoms with E-state index in [1.807, 2.05) is 41.3 Å². The molecular weight excluding hydrogens is 318 g/mol. The first kappa shape index (κ1) is 15.8. The van der Waals surface area contributed by atoms with Gasteiger partial charge in [0, 0.05) is 19.5 Å². The molecule has 130 valence electrons. The summed E-state index contributed by atoms with van der Waals surface area (Å²) in [5.74, 6) is 2.30. The van der Waals surface area contributed by atoms with E-state index in [2.05, 4.69) is 0 Å². The predicted octanol–water partition coefficient (Wildman–Crippen LogP) is 2.59. The van der Waals surface area contributed by atoms with E-state index in [-0.39, 0.29) is 5.91 Å². The lowest BCUT2D eigenvalue weighted by Crippen LogP contribution is -2.43. The zero-order chi connectivity index (χ0) is 17.4. The molecule has 0 unspecified atom stereocenters. The van der Waals surface area contributed by atoms with E-state index >= 15 is 0 Å². The fraction of sp³-hybridized carbons (Fsp3) is 0.350. The van der Waals surface area contributed by atoms with Crippen LogP contribution in [0.1, 0.15) is 16.7 Å². The van der Waals surface area contributed by atoms with Crippen LogP contribution in [0.2, 0.25) is 0 Å². The third-order valence-electron chi connectivity index (χ3n) is 4.95. The van der Waals surface area contributed by atoms with Crippen LogP contribution in [-0.2, 0) is 24.2 Å². The van der Waals surface area contributed by atoms with Crippen molar-refractivity contribution in [2.45, 2.75) is 25.5 Å². The number of hydrogen-bond donors (Lipinski definition) is 0. The predicted molar refractivity (Wildman–Crippen MR) is 93.2 cm³/mol. The number of ether oxygens (including phenoxy) is 3. The molecule has 0 spiro atoms. The van der Waals surface area contributed by atoms with Crippen LogP contribution in [0.25, 0.3) is 0 Å². The quantitative estimate of drug-likeness (QED) is 0.862. The molecule has 0 aromatic heterocycles. The summed E-state index contributed by atoms with van der Waals surface area (Å²) >= 11 is 0. The van der Waals surface area contributed by atoms with Crippen LogP contribution in [-0.4, -0.2) is 37.7 Å². The molecule has 0 N–H and O–H groups in total. The van der Waals surface area contributed by atoms with Gasteiger partial charge in [-0.1, -0.05) is 18.2 Å². The third kappa shape index (κ3) is 2.80. The zero-order valence-electron chi connectivity index (χ0n) is 14.5. The standard InChI is InChI=1S/C20H21NO4/c1-23-17-9-13-7-8-21(12-15(13)11-18(17)24-2)20(22)19-10-14-5-3-4-6-16(14)25-19/h3-6,9,11,19H,7-8,10,12H2,1-2H3/t19-/m1/s1. The Morgan fingerprint density at radius 3 is 2.52 bits per heavy atom. The van der Waals surface area contributed by atoms with E-state index in [1.54, 1.807) is 14.2 Å². The van der Waals surface area contributed by atoms with Gasteiger partial charge in [-0.15, -0.1) is 0 Å². The molecule has 1 atom stereocenters. The second-order valence-corrected chi connectivity index (χ2v) is 6.40. The molecule has 2 aliphatic rings. The van der Waals surface area contributed by atoms with Crippen molar-refractivity contribution in [3.8, 4) is 17.2 Å². The maximum absolute atomic E-state index is 12.9. The summed E-state index contributed by atoms with van der Waals surface area (Å²) in [6.45, 7) is 1.27. The fourth-order valence-corrected chi connectivity index (χ4v) is 3.59. The Morgan fingerprint density at radius 1 is 1.08 bits per heavy atom. The minimum Gasteiger partial charge on any atom is -0.493 e. The summed E-state index contributed by atoms with van der Waals surface area (Å²) in [5.41, 5.74) is 3.41. The number of para-hydroxylation sites is 1.